The van der Waals surface area contributed by atoms with Crippen LogP contribution in [-0.4, -0.2) is 70.1 Å². The van der Waals surface area contributed by atoms with Gasteiger partial charge < -0.3 is 34.4 Å². The molecule has 3 aromatic rings. The molecule has 0 spiro atoms. The zero-order valence-electron chi connectivity index (χ0n) is 24.6. The summed E-state index contributed by atoms with van der Waals surface area (Å²) in [7, 11) is 1.43. The van der Waals surface area contributed by atoms with E-state index in [1.165, 1.54) is 7.05 Å². The maximum Gasteiger partial charge on any atom is 0.533 e. The van der Waals surface area contributed by atoms with Gasteiger partial charge in [-0.2, -0.15) is 0 Å². The van der Waals surface area contributed by atoms with Crippen molar-refractivity contribution >= 4 is 46.5 Å². The van der Waals surface area contributed by atoms with Gasteiger partial charge in [-0.05, 0) is 24.6 Å². The van der Waals surface area contributed by atoms with Crippen LogP contribution in [0.15, 0.2) is 34.1 Å². The molecule has 12 heteroatoms. The summed E-state index contributed by atoms with van der Waals surface area (Å²) in [5.74, 6) is -1.74. The van der Waals surface area contributed by atoms with Crippen molar-refractivity contribution in [2.45, 2.75) is 58.3 Å². The number of unbranched alkanes of at least 4 members (excludes halogenated alkanes) is 2. The third-order valence-corrected chi connectivity index (χ3v) is 8.53. The first-order chi connectivity index (χ1) is 20.7. The Kier molecular flexibility index (Phi) is 7.25. The van der Waals surface area contributed by atoms with Crippen molar-refractivity contribution in [2.24, 2.45) is 10.7 Å². The fourth-order valence-corrected chi connectivity index (χ4v) is 6.24. The van der Waals surface area contributed by atoms with E-state index in [1.54, 1.807) is 17.6 Å². The third kappa shape index (κ3) is 4.48. The van der Waals surface area contributed by atoms with E-state index in [-0.39, 0.29) is 37.2 Å². The number of cyclic esters (lactones) is 1. The second-order valence-electron chi connectivity index (χ2n) is 11.1. The number of carbonyl (C=O) groups excluding carboxylic acids is 3. The Bertz CT molecular complexity index is 1760. The lowest BCUT2D eigenvalue weighted by Gasteiger charge is -2.31. The van der Waals surface area contributed by atoms with Crippen LogP contribution in [0, 0.1) is 0 Å². The fraction of sp³-hybridized carbons (Fsp3) is 0.419. The van der Waals surface area contributed by atoms with Crippen LogP contribution in [0.3, 0.4) is 0 Å². The highest BCUT2D eigenvalue weighted by Crippen LogP contribution is 2.47. The molecule has 0 unspecified atom stereocenters. The summed E-state index contributed by atoms with van der Waals surface area (Å²) in [4.78, 5) is 63.1. The van der Waals surface area contributed by atoms with Gasteiger partial charge in [0.1, 0.15) is 6.54 Å². The summed E-state index contributed by atoms with van der Waals surface area (Å²) in [5.41, 5.74) is 8.74. The molecule has 6 rings (SSSR count). The number of hydrogen-bond donors (Lipinski definition) is 1. The molecule has 0 saturated heterocycles. The highest BCUT2D eigenvalue weighted by atomic mass is 16.6. The Morgan fingerprint density at radius 3 is 2.79 bits per heavy atom. The van der Waals surface area contributed by atoms with Gasteiger partial charge >= 0.3 is 11.9 Å². The summed E-state index contributed by atoms with van der Waals surface area (Å²) in [6.07, 6.45) is 5.12. The van der Waals surface area contributed by atoms with Crippen molar-refractivity contribution in [2.75, 3.05) is 31.6 Å². The summed E-state index contributed by atoms with van der Waals surface area (Å²) >= 11 is 0. The molecule has 1 aromatic carbocycles. The van der Waals surface area contributed by atoms with Gasteiger partial charge in [0.2, 0.25) is 12.5 Å². The van der Waals surface area contributed by atoms with Gasteiger partial charge in [0, 0.05) is 31.1 Å². The Balaban J connectivity index is 1.49. The van der Waals surface area contributed by atoms with Crippen molar-refractivity contribution in [1.29, 1.82) is 0 Å². The normalized spacial score (nSPS) is 17.8. The van der Waals surface area contributed by atoms with E-state index in [4.69, 9.17) is 25.2 Å². The molecule has 5 heterocycles. The molecule has 224 valence electrons. The first-order valence-corrected chi connectivity index (χ1v) is 14.6. The van der Waals surface area contributed by atoms with Crippen LogP contribution in [-0.2, 0) is 37.8 Å². The number of nitrogens with two attached hydrogens (primary N) is 1. The van der Waals surface area contributed by atoms with Gasteiger partial charge in [0.25, 0.3) is 11.2 Å². The fourth-order valence-electron chi connectivity index (χ4n) is 6.24. The second-order valence-corrected chi connectivity index (χ2v) is 11.1. The number of hydrogen-bond acceptors (Lipinski definition) is 9. The summed E-state index contributed by atoms with van der Waals surface area (Å²) in [6.45, 7) is 4.15. The molecular weight excluding hydrogens is 552 g/mol. The van der Waals surface area contributed by atoms with Crippen LogP contribution in [0.5, 0.6) is 0 Å². The number of nitrogens with zero attached hydrogens (tertiary/aromatic N) is 5. The minimum absolute atomic E-state index is 0.0866. The maximum atomic E-state index is 14.1. The standard InChI is InChI=1S/C31H34N6O6/c1-4-6-7-11-36-17-33-21-9-8-10-22-26(21)28(36)18-14-37-23(27(18)34-22)12-20-19(29(37)40)16-42-30(41)31(20,5-2)43-25(39)15-35(3)24(38)13-32/h8-10,12,17H,4-7,11,13-16,32H2,1-3H3/p+1/t31-/m0/s1. The van der Waals surface area contributed by atoms with Crippen LogP contribution in [0.4, 0.5) is 11.4 Å². The van der Waals surface area contributed by atoms with Crippen LogP contribution < -0.4 is 16.2 Å². The predicted octanol–water partition coefficient (Wildman–Crippen LogP) is 2.69. The molecule has 3 N–H and O–H groups in total. The van der Waals surface area contributed by atoms with E-state index in [9.17, 15) is 19.2 Å². The molecule has 0 saturated carbocycles. The first kappa shape index (κ1) is 28.5. The van der Waals surface area contributed by atoms with Crippen LogP contribution in [0.1, 0.15) is 56.2 Å². The monoisotopic (exact) mass is 587 g/mol. The van der Waals surface area contributed by atoms with E-state index >= 15 is 0 Å². The van der Waals surface area contributed by atoms with E-state index in [0.717, 1.165) is 58.5 Å². The number of ether oxygens (including phenoxy) is 2. The quantitative estimate of drug-likeness (QED) is 0.178. The van der Waals surface area contributed by atoms with Gasteiger partial charge in [-0.3, -0.25) is 14.4 Å². The Hall–Kier alpha value is -4.58. The Morgan fingerprint density at radius 1 is 1.23 bits per heavy atom. The number of benzene rings is 1. The van der Waals surface area contributed by atoms with Crippen LogP contribution in [0.2, 0.25) is 0 Å². The number of esters is 2. The van der Waals surface area contributed by atoms with Gasteiger partial charge in [0.15, 0.2) is 0 Å². The summed E-state index contributed by atoms with van der Waals surface area (Å²) in [5, 5.41) is 0.952. The second kappa shape index (κ2) is 10.9. The van der Waals surface area contributed by atoms with Gasteiger partial charge in [-0.15, -0.1) is 0 Å². The zero-order chi connectivity index (χ0) is 30.5. The highest BCUT2D eigenvalue weighted by molar-refractivity contribution is 6.11. The molecule has 3 aliphatic rings. The molecule has 1 atom stereocenters. The van der Waals surface area contributed by atoms with Crippen molar-refractivity contribution in [3.8, 4) is 11.4 Å². The molecule has 1 amide bonds. The van der Waals surface area contributed by atoms with Crippen LogP contribution >= 0.6 is 0 Å². The molecule has 43 heavy (non-hydrogen) atoms. The smallest absolute Gasteiger partial charge is 0.434 e. The van der Waals surface area contributed by atoms with E-state index in [2.05, 4.69) is 11.8 Å². The van der Waals surface area contributed by atoms with Crippen LogP contribution in [0.25, 0.3) is 22.3 Å². The Morgan fingerprint density at radius 2 is 2.05 bits per heavy atom. The van der Waals surface area contributed by atoms with E-state index in [0.29, 0.717) is 23.5 Å². The SMILES string of the molecule is CCCCCN1C=Nc2cccc3nc4c(c1c23)Cn1c-4cc2c(c1=O)COC(=[OH+])[C@@]2(CC)OC(=O)CN(C)C(=O)CN. The number of anilines is 1. The zero-order valence-corrected chi connectivity index (χ0v) is 24.6. The molecular formula is C31H35N6O6+. The van der Waals surface area contributed by atoms with E-state index in [1.807, 2.05) is 24.5 Å². The highest BCUT2D eigenvalue weighted by Gasteiger charge is 2.56. The number of rotatable bonds is 9. The summed E-state index contributed by atoms with van der Waals surface area (Å²) in [6, 6.07) is 7.60. The molecule has 12 nitrogen and oxygen atoms in total. The molecule has 3 aliphatic heterocycles. The van der Waals surface area contributed by atoms with Crippen molar-refractivity contribution < 1.29 is 23.9 Å². The molecule has 0 bridgehead atoms. The lowest BCUT2D eigenvalue weighted by atomic mass is 9.85. The van der Waals surface area contributed by atoms with Gasteiger partial charge in [-0.1, -0.05) is 32.8 Å². The third-order valence-electron chi connectivity index (χ3n) is 8.53. The van der Waals surface area contributed by atoms with Crippen molar-refractivity contribution in [1.82, 2.24) is 14.5 Å². The number of fused-ring (bicyclic) bond motifs is 5. The van der Waals surface area contributed by atoms with Crippen molar-refractivity contribution in [3.63, 3.8) is 0 Å². The lowest BCUT2D eigenvalue weighted by molar-refractivity contribution is -0.160. The summed E-state index contributed by atoms with van der Waals surface area (Å²) < 4.78 is 13.1. The molecule has 0 radical (unpaired) electrons. The number of pyridine rings is 2. The molecule has 0 aliphatic carbocycles. The average molecular weight is 588 g/mol. The Labute approximate surface area is 248 Å². The molecule has 2 aromatic heterocycles. The largest absolute Gasteiger partial charge is 0.533 e. The number of amides is 1. The number of likely N-dealkylation sites (N-methyl/N-ethyl adjacent to an activating group) is 1. The minimum Gasteiger partial charge on any atom is -0.434 e. The average Bonchev–Trinajstić information content (AvgIpc) is 3.38. The number of aromatic nitrogens is 2. The minimum atomic E-state index is -1.74. The van der Waals surface area contributed by atoms with Gasteiger partial charge in [-0.25, -0.2) is 9.98 Å². The predicted molar refractivity (Wildman–Crippen MR) is 162 cm³/mol. The lowest BCUT2D eigenvalue weighted by Crippen LogP contribution is -2.49. The molecule has 0 fully saturated rings. The van der Waals surface area contributed by atoms with Gasteiger partial charge in [0.05, 0.1) is 58.7 Å². The topological polar surface area (TPSA) is 154 Å². The number of aliphatic imine (C=N–C) groups is 1. The number of carbonyl (C=O) groups is 2. The maximum absolute atomic E-state index is 14.1. The first-order valence-electron chi connectivity index (χ1n) is 14.6. The van der Waals surface area contributed by atoms with Crippen molar-refractivity contribution in [3.05, 3.63) is 51.3 Å². The van der Waals surface area contributed by atoms with E-state index < -0.39 is 23.4 Å².